The molecular formula is C7H12N2O4. The first-order valence-electron chi connectivity index (χ1n) is 3.57. The van der Waals surface area contributed by atoms with Crippen molar-refractivity contribution < 1.29 is 19.1 Å². The van der Waals surface area contributed by atoms with Crippen LogP contribution in [-0.2, 0) is 14.3 Å². The minimum absolute atomic E-state index is 0.154. The molecule has 0 rings (SSSR count). The van der Waals surface area contributed by atoms with Crippen molar-refractivity contribution >= 4 is 12.1 Å². The number of nitrogens with two attached hydrogens (primary N) is 1. The zero-order valence-electron chi connectivity index (χ0n) is 7.28. The molecule has 0 aliphatic rings. The van der Waals surface area contributed by atoms with Crippen LogP contribution in [0.1, 0.15) is 0 Å². The predicted molar refractivity (Wildman–Crippen MR) is 44.7 cm³/mol. The molecule has 0 aromatic heterocycles. The van der Waals surface area contributed by atoms with E-state index in [9.17, 15) is 9.59 Å². The first kappa shape index (κ1) is 11.3. The Hall–Kier alpha value is -1.72. The maximum Gasteiger partial charge on any atom is 0.404 e. The van der Waals surface area contributed by atoms with Gasteiger partial charge in [0.25, 0.3) is 0 Å². The van der Waals surface area contributed by atoms with Gasteiger partial charge in [-0.15, -0.1) is 0 Å². The Morgan fingerprint density at radius 1 is 1.54 bits per heavy atom. The van der Waals surface area contributed by atoms with Crippen molar-refractivity contribution in [3.63, 3.8) is 0 Å². The van der Waals surface area contributed by atoms with Gasteiger partial charge < -0.3 is 20.5 Å². The van der Waals surface area contributed by atoms with Gasteiger partial charge >= 0.3 is 12.1 Å². The molecule has 0 saturated heterocycles. The number of carbonyl (C=O) groups excluding carboxylic acids is 2. The largest absolute Gasteiger partial charge is 0.466 e. The molecule has 6 heteroatoms. The highest BCUT2D eigenvalue weighted by Gasteiger charge is 1.91. The molecule has 74 valence electrons. The summed E-state index contributed by atoms with van der Waals surface area (Å²) >= 11 is 0. The molecule has 0 bridgehead atoms. The van der Waals surface area contributed by atoms with Gasteiger partial charge in [-0.25, -0.2) is 9.59 Å². The van der Waals surface area contributed by atoms with Gasteiger partial charge in [0.15, 0.2) is 0 Å². The molecule has 0 heterocycles. The summed E-state index contributed by atoms with van der Waals surface area (Å²) in [6.45, 7) is 0.539. The Morgan fingerprint density at radius 2 is 2.23 bits per heavy atom. The Bertz CT molecular complexity index is 203. The Morgan fingerprint density at radius 3 is 2.77 bits per heavy atom. The second kappa shape index (κ2) is 6.96. The number of nitrogens with one attached hydrogen (secondary N) is 1. The van der Waals surface area contributed by atoms with E-state index in [1.165, 1.54) is 19.4 Å². The molecule has 6 nitrogen and oxygen atoms in total. The van der Waals surface area contributed by atoms with Crippen LogP contribution in [0, 0.1) is 0 Å². The lowest BCUT2D eigenvalue weighted by atomic mass is 10.6. The summed E-state index contributed by atoms with van der Waals surface area (Å²) in [5.74, 6) is -0.455. The summed E-state index contributed by atoms with van der Waals surface area (Å²) in [5.41, 5.74) is 4.70. The summed E-state index contributed by atoms with van der Waals surface area (Å²) in [4.78, 5) is 20.6. The first-order chi connectivity index (χ1) is 6.16. The van der Waals surface area contributed by atoms with Gasteiger partial charge in [-0.1, -0.05) is 0 Å². The molecule has 0 aromatic carbocycles. The van der Waals surface area contributed by atoms with E-state index >= 15 is 0 Å². The third-order valence-electron chi connectivity index (χ3n) is 1.03. The fraction of sp³-hybridized carbons (Fsp3) is 0.429. The van der Waals surface area contributed by atoms with Gasteiger partial charge in [-0.3, -0.25) is 0 Å². The van der Waals surface area contributed by atoms with Crippen LogP contribution >= 0.6 is 0 Å². The van der Waals surface area contributed by atoms with Crippen LogP contribution in [0.5, 0.6) is 0 Å². The Balaban J connectivity index is 3.30. The lowest BCUT2D eigenvalue weighted by Crippen LogP contribution is -2.20. The number of esters is 1. The van der Waals surface area contributed by atoms with E-state index in [1.807, 2.05) is 0 Å². The number of amides is 1. The van der Waals surface area contributed by atoms with Crippen molar-refractivity contribution in [1.82, 2.24) is 5.32 Å². The van der Waals surface area contributed by atoms with Gasteiger partial charge in [-0.05, 0) is 0 Å². The third-order valence-corrected chi connectivity index (χ3v) is 1.03. The van der Waals surface area contributed by atoms with Crippen LogP contribution in [-0.4, -0.2) is 32.3 Å². The minimum atomic E-state index is -0.821. The van der Waals surface area contributed by atoms with Crippen molar-refractivity contribution in [3.8, 4) is 0 Å². The maximum absolute atomic E-state index is 10.5. The number of methoxy groups -OCH3 is 1. The highest BCUT2D eigenvalue weighted by molar-refractivity contribution is 5.81. The fourth-order valence-corrected chi connectivity index (χ4v) is 0.489. The average Bonchev–Trinajstić information content (AvgIpc) is 2.10. The molecule has 0 unspecified atom stereocenters. The topological polar surface area (TPSA) is 90.7 Å². The van der Waals surface area contributed by atoms with E-state index in [4.69, 9.17) is 5.73 Å². The molecule has 0 saturated carbocycles. The predicted octanol–water partition coefficient (Wildman–Crippen LogP) is -0.642. The molecule has 0 aliphatic carbocycles. The van der Waals surface area contributed by atoms with Gasteiger partial charge in [0.1, 0.15) is 6.61 Å². The third kappa shape index (κ3) is 8.18. The van der Waals surface area contributed by atoms with Gasteiger partial charge in [0, 0.05) is 18.8 Å². The number of hydrogen-bond acceptors (Lipinski definition) is 5. The summed E-state index contributed by atoms with van der Waals surface area (Å²) in [6.07, 6.45) is 1.79. The van der Waals surface area contributed by atoms with Crippen molar-refractivity contribution in [1.29, 1.82) is 0 Å². The van der Waals surface area contributed by atoms with Crippen molar-refractivity contribution in [3.05, 3.63) is 12.3 Å². The van der Waals surface area contributed by atoms with Crippen molar-refractivity contribution in [2.45, 2.75) is 0 Å². The second-order valence-electron chi connectivity index (χ2n) is 1.98. The second-order valence-corrected chi connectivity index (χ2v) is 1.98. The van der Waals surface area contributed by atoms with E-state index in [0.29, 0.717) is 6.54 Å². The van der Waals surface area contributed by atoms with Gasteiger partial charge in [0.05, 0.1) is 7.11 Å². The minimum Gasteiger partial charge on any atom is -0.466 e. The van der Waals surface area contributed by atoms with E-state index in [0.717, 1.165) is 0 Å². The number of carbonyl (C=O) groups is 2. The van der Waals surface area contributed by atoms with Gasteiger partial charge in [-0.2, -0.15) is 0 Å². The van der Waals surface area contributed by atoms with E-state index < -0.39 is 12.1 Å². The molecule has 0 radical (unpaired) electrons. The summed E-state index contributed by atoms with van der Waals surface area (Å²) in [6, 6.07) is 0. The number of hydrogen-bond donors (Lipinski definition) is 2. The lowest BCUT2D eigenvalue weighted by Gasteiger charge is -2.00. The summed E-state index contributed by atoms with van der Waals surface area (Å²) < 4.78 is 8.73. The fourth-order valence-electron chi connectivity index (χ4n) is 0.489. The van der Waals surface area contributed by atoms with Crippen LogP contribution in [0.15, 0.2) is 12.3 Å². The van der Waals surface area contributed by atoms with Crippen LogP contribution in [0.2, 0.25) is 0 Å². The van der Waals surface area contributed by atoms with Crippen LogP contribution in [0.25, 0.3) is 0 Å². The van der Waals surface area contributed by atoms with Crippen molar-refractivity contribution in [2.75, 3.05) is 20.3 Å². The number of ether oxygens (including phenoxy) is 2. The average molecular weight is 188 g/mol. The number of primary amides is 1. The highest BCUT2D eigenvalue weighted by Crippen LogP contribution is 1.75. The Labute approximate surface area is 75.7 Å². The smallest absolute Gasteiger partial charge is 0.404 e. The van der Waals surface area contributed by atoms with E-state index in [1.54, 1.807) is 0 Å². The first-order valence-corrected chi connectivity index (χ1v) is 3.57. The molecule has 0 atom stereocenters. The van der Waals surface area contributed by atoms with Crippen LogP contribution in [0.3, 0.4) is 0 Å². The zero-order valence-corrected chi connectivity index (χ0v) is 7.28. The quantitative estimate of drug-likeness (QED) is 0.340. The molecule has 13 heavy (non-hydrogen) atoms. The normalized spacial score (nSPS) is 9.62. The summed E-state index contributed by atoms with van der Waals surface area (Å²) in [7, 11) is 1.28. The molecule has 0 spiro atoms. The molecule has 1 amide bonds. The molecule has 3 N–H and O–H groups in total. The van der Waals surface area contributed by atoms with Crippen LogP contribution < -0.4 is 11.1 Å². The van der Waals surface area contributed by atoms with Crippen LogP contribution in [0.4, 0.5) is 4.79 Å². The molecule has 0 fully saturated rings. The molecule has 0 aliphatic heterocycles. The highest BCUT2D eigenvalue weighted by atomic mass is 16.5. The SMILES string of the molecule is COC(=O)/C=C/NCCOC(N)=O. The molecular weight excluding hydrogens is 176 g/mol. The Kier molecular flexibility index (Phi) is 6.04. The maximum atomic E-state index is 10.5. The van der Waals surface area contributed by atoms with Gasteiger partial charge in [0.2, 0.25) is 0 Å². The summed E-state index contributed by atoms with van der Waals surface area (Å²) in [5, 5.41) is 2.69. The molecule has 0 aromatic rings. The van der Waals surface area contributed by atoms with Crippen molar-refractivity contribution in [2.24, 2.45) is 5.73 Å². The number of rotatable bonds is 5. The standard InChI is InChI=1S/C7H12N2O4/c1-12-6(10)2-3-9-4-5-13-7(8)11/h2-3,9H,4-5H2,1H3,(H2,8,11)/b3-2+. The lowest BCUT2D eigenvalue weighted by molar-refractivity contribution is -0.134. The van der Waals surface area contributed by atoms with E-state index in [2.05, 4.69) is 14.8 Å². The van der Waals surface area contributed by atoms with E-state index in [-0.39, 0.29) is 6.61 Å². The monoisotopic (exact) mass is 188 g/mol. The zero-order chi connectivity index (χ0) is 10.1.